The van der Waals surface area contributed by atoms with Crippen LogP contribution in [0.15, 0.2) is 11.0 Å². The number of anilines is 4. The Balaban J connectivity index is 1.90. The summed E-state index contributed by atoms with van der Waals surface area (Å²) in [5.41, 5.74) is 4.78. The third-order valence-electron chi connectivity index (χ3n) is 4.59. The average Bonchev–Trinajstić information content (AvgIpc) is 2.69. The standard InChI is InChI=1S/C16H18ClF3N8O2/c1-22-13-10(17)24-9(11(21)25-13)14(29)26-12-8(5-23-15(30)27-12)28-4-2-3-7(6-28)16(18,19)20/h5,7H,2-4,6H2,1H3,(H3,21,22,25)(H2,23,26,27,29,30). The minimum absolute atomic E-state index is 0.000902. The Hall–Kier alpha value is -3.09. The molecule has 14 heteroatoms. The summed E-state index contributed by atoms with van der Waals surface area (Å²) in [5.74, 6) is -2.57. The van der Waals surface area contributed by atoms with E-state index < -0.39 is 23.7 Å². The van der Waals surface area contributed by atoms with Crippen LogP contribution in [0.1, 0.15) is 23.3 Å². The fourth-order valence-corrected chi connectivity index (χ4v) is 3.33. The highest BCUT2D eigenvalue weighted by Gasteiger charge is 2.42. The molecular formula is C16H18ClF3N8O2. The van der Waals surface area contributed by atoms with Gasteiger partial charge in [-0.3, -0.25) is 9.78 Å². The highest BCUT2D eigenvalue weighted by Crippen LogP contribution is 2.36. The smallest absolute Gasteiger partial charge is 0.382 e. The van der Waals surface area contributed by atoms with Crippen LogP contribution in [0, 0.1) is 5.92 Å². The maximum absolute atomic E-state index is 13.2. The van der Waals surface area contributed by atoms with Gasteiger partial charge in [0.15, 0.2) is 22.5 Å². The number of aromatic amines is 1. The zero-order chi connectivity index (χ0) is 22.1. The zero-order valence-electron chi connectivity index (χ0n) is 15.7. The second-order valence-electron chi connectivity index (χ2n) is 6.58. The number of hydrogen-bond donors (Lipinski definition) is 4. The monoisotopic (exact) mass is 446 g/mol. The molecule has 0 aliphatic carbocycles. The van der Waals surface area contributed by atoms with Gasteiger partial charge in [-0.25, -0.2) is 14.8 Å². The summed E-state index contributed by atoms with van der Waals surface area (Å²) in [6, 6.07) is 0. The van der Waals surface area contributed by atoms with Crippen LogP contribution < -0.4 is 27.0 Å². The number of nitrogens with two attached hydrogens (primary N) is 1. The van der Waals surface area contributed by atoms with Gasteiger partial charge in [-0.1, -0.05) is 11.6 Å². The summed E-state index contributed by atoms with van der Waals surface area (Å²) in [5, 5.41) is 4.95. The molecule has 2 aromatic rings. The third-order valence-corrected chi connectivity index (χ3v) is 4.85. The number of carbonyl (C=O) groups excluding carboxylic acids is 1. The lowest BCUT2D eigenvalue weighted by molar-refractivity contribution is -0.176. The van der Waals surface area contributed by atoms with Gasteiger partial charge in [0.25, 0.3) is 5.91 Å². The maximum atomic E-state index is 13.2. The molecule has 0 spiro atoms. The first-order valence-electron chi connectivity index (χ1n) is 8.83. The van der Waals surface area contributed by atoms with Crippen molar-refractivity contribution in [2.75, 3.05) is 41.4 Å². The Morgan fingerprint density at radius 3 is 2.80 bits per heavy atom. The first kappa shape index (κ1) is 21.6. The van der Waals surface area contributed by atoms with E-state index in [-0.39, 0.29) is 53.4 Å². The molecule has 162 valence electrons. The molecule has 1 fully saturated rings. The van der Waals surface area contributed by atoms with Crippen LogP contribution in [0.5, 0.6) is 0 Å². The average molecular weight is 447 g/mol. The van der Waals surface area contributed by atoms with Crippen LogP contribution in [0.25, 0.3) is 0 Å². The quantitative estimate of drug-likeness (QED) is 0.557. The number of rotatable bonds is 4. The molecular weight excluding hydrogens is 429 g/mol. The Labute approximate surface area is 173 Å². The van der Waals surface area contributed by atoms with Gasteiger partial charge < -0.3 is 21.3 Å². The van der Waals surface area contributed by atoms with E-state index in [1.54, 1.807) is 0 Å². The minimum atomic E-state index is -4.35. The van der Waals surface area contributed by atoms with Crippen molar-refractivity contribution in [3.63, 3.8) is 0 Å². The van der Waals surface area contributed by atoms with Crippen molar-refractivity contribution in [1.82, 2.24) is 19.9 Å². The Kier molecular flexibility index (Phi) is 6.01. The largest absolute Gasteiger partial charge is 0.393 e. The van der Waals surface area contributed by atoms with Gasteiger partial charge in [-0.15, -0.1) is 0 Å². The lowest BCUT2D eigenvalue weighted by atomic mass is 9.97. The van der Waals surface area contributed by atoms with E-state index in [4.69, 9.17) is 17.3 Å². The first-order chi connectivity index (χ1) is 14.1. The third kappa shape index (κ3) is 4.56. The van der Waals surface area contributed by atoms with Crippen molar-refractivity contribution in [2.24, 2.45) is 5.92 Å². The SMILES string of the molecule is CNc1nc(N)c(C(=O)Nc2[nH]c(=O)ncc2N2CCCC(C(F)(F)F)C2)nc1Cl. The molecule has 0 aromatic carbocycles. The number of nitrogens with one attached hydrogen (secondary N) is 3. The highest BCUT2D eigenvalue weighted by atomic mass is 35.5. The van der Waals surface area contributed by atoms with E-state index in [1.807, 2.05) is 0 Å². The lowest BCUT2D eigenvalue weighted by Gasteiger charge is -2.35. The maximum Gasteiger partial charge on any atom is 0.393 e. The van der Waals surface area contributed by atoms with Crippen molar-refractivity contribution in [3.8, 4) is 0 Å². The van der Waals surface area contributed by atoms with E-state index in [1.165, 1.54) is 11.9 Å². The Bertz CT molecular complexity index is 1010. The van der Waals surface area contributed by atoms with Gasteiger partial charge in [0.05, 0.1) is 17.8 Å². The van der Waals surface area contributed by atoms with Crippen LogP contribution in [0.3, 0.4) is 0 Å². The molecule has 2 aromatic heterocycles. The molecule has 1 aliphatic rings. The number of nitrogen functional groups attached to an aromatic ring is 1. The van der Waals surface area contributed by atoms with Gasteiger partial charge in [0, 0.05) is 20.1 Å². The van der Waals surface area contributed by atoms with Gasteiger partial charge >= 0.3 is 11.9 Å². The van der Waals surface area contributed by atoms with Gasteiger partial charge in [0.1, 0.15) is 5.82 Å². The molecule has 0 saturated carbocycles. The molecule has 1 aliphatic heterocycles. The van der Waals surface area contributed by atoms with Crippen LogP contribution in [0.4, 0.5) is 36.3 Å². The number of H-pyrrole nitrogens is 1. The summed E-state index contributed by atoms with van der Waals surface area (Å²) < 4.78 is 39.5. The second-order valence-corrected chi connectivity index (χ2v) is 6.93. The number of alkyl halides is 3. The predicted octanol–water partition coefficient (Wildman–Crippen LogP) is 1.87. The van der Waals surface area contributed by atoms with E-state index in [9.17, 15) is 22.8 Å². The fourth-order valence-electron chi connectivity index (χ4n) is 3.11. The van der Waals surface area contributed by atoms with Crippen LogP contribution in [-0.2, 0) is 0 Å². The van der Waals surface area contributed by atoms with Crippen molar-refractivity contribution in [3.05, 3.63) is 27.5 Å². The molecule has 3 heterocycles. The first-order valence-corrected chi connectivity index (χ1v) is 9.21. The van der Waals surface area contributed by atoms with Crippen molar-refractivity contribution >= 4 is 40.6 Å². The summed E-state index contributed by atoms with van der Waals surface area (Å²) in [7, 11) is 1.54. The van der Waals surface area contributed by atoms with Crippen LogP contribution >= 0.6 is 11.6 Å². The normalized spacial score (nSPS) is 17.0. The summed E-state index contributed by atoms with van der Waals surface area (Å²) >= 11 is 5.93. The summed E-state index contributed by atoms with van der Waals surface area (Å²) in [6.07, 6.45) is -2.95. The molecule has 1 amide bonds. The molecule has 0 radical (unpaired) electrons. The molecule has 1 atom stereocenters. The van der Waals surface area contributed by atoms with Gasteiger partial charge in [0.2, 0.25) is 0 Å². The number of aromatic nitrogens is 4. The molecule has 30 heavy (non-hydrogen) atoms. The van der Waals surface area contributed by atoms with Gasteiger partial charge in [-0.05, 0) is 12.8 Å². The molecule has 3 rings (SSSR count). The van der Waals surface area contributed by atoms with Crippen molar-refractivity contribution in [2.45, 2.75) is 19.0 Å². The lowest BCUT2D eigenvalue weighted by Crippen LogP contribution is -2.42. The van der Waals surface area contributed by atoms with E-state index in [2.05, 4.69) is 30.6 Å². The number of piperidine rings is 1. The second kappa shape index (κ2) is 8.34. The van der Waals surface area contributed by atoms with Crippen LogP contribution in [0.2, 0.25) is 5.15 Å². The fraction of sp³-hybridized carbons (Fsp3) is 0.438. The van der Waals surface area contributed by atoms with Crippen molar-refractivity contribution < 1.29 is 18.0 Å². The molecule has 10 nitrogen and oxygen atoms in total. The van der Waals surface area contributed by atoms with Gasteiger partial charge in [-0.2, -0.15) is 18.2 Å². The topological polar surface area (TPSA) is 142 Å². The minimum Gasteiger partial charge on any atom is -0.382 e. The molecule has 1 unspecified atom stereocenters. The summed E-state index contributed by atoms with van der Waals surface area (Å²) in [6.45, 7) is -0.0292. The van der Waals surface area contributed by atoms with E-state index in [0.717, 1.165) is 6.20 Å². The highest BCUT2D eigenvalue weighted by molar-refractivity contribution is 6.32. The Morgan fingerprint density at radius 1 is 1.40 bits per heavy atom. The zero-order valence-corrected chi connectivity index (χ0v) is 16.4. The van der Waals surface area contributed by atoms with Crippen LogP contribution in [-0.4, -0.2) is 52.2 Å². The molecule has 1 saturated heterocycles. The van der Waals surface area contributed by atoms with Crippen molar-refractivity contribution in [1.29, 1.82) is 0 Å². The molecule has 5 N–H and O–H groups in total. The number of carbonyl (C=O) groups is 1. The summed E-state index contributed by atoms with van der Waals surface area (Å²) in [4.78, 5) is 39.4. The predicted molar refractivity (Wildman–Crippen MR) is 105 cm³/mol. The Morgan fingerprint density at radius 2 is 2.13 bits per heavy atom. The number of amides is 1. The van der Waals surface area contributed by atoms with E-state index >= 15 is 0 Å². The number of nitrogens with zero attached hydrogens (tertiary/aromatic N) is 4. The van der Waals surface area contributed by atoms with E-state index in [0.29, 0.717) is 6.54 Å². The molecule has 0 bridgehead atoms. The number of hydrogen-bond acceptors (Lipinski definition) is 8. The number of halogens is 4.